The van der Waals surface area contributed by atoms with Crippen LogP contribution in [0.5, 0.6) is 5.06 Å². The van der Waals surface area contributed by atoms with Crippen LogP contribution in [0.1, 0.15) is 0 Å². The van der Waals surface area contributed by atoms with Crippen molar-refractivity contribution in [3.8, 4) is 5.06 Å². The molecule has 0 saturated heterocycles. The monoisotopic (exact) mass is 288 g/mol. The molecule has 0 amide bonds. The predicted molar refractivity (Wildman–Crippen MR) is 67.9 cm³/mol. The van der Waals surface area contributed by atoms with E-state index in [-0.39, 0.29) is 0 Å². The van der Waals surface area contributed by atoms with Crippen molar-refractivity contribution in [3.05, 3.63) is 22.7 Å². The molecule has 74 valence electrons. The Morgan fingerprint density at radius 3 is 2.86 bits per heavy atom. The molecule has 0 unspecified atom stereocenters. The minimum absolute atomic E-state index is 1.01. The van der Waals surface area contributed by atoms with E-state index in [1.165, 1.54) is 15.0 Å². The van der Waals surface area contributed by atoms with Gasteiger partial charge >= 0.3 is 0 Å². The molecule has 1 heterocycles. The fourth-order valence-corrected chi connectivity index (χ4v) is 3.68. The fraction of sp³-hybridized carbons (Fsp3) is 0.200. The van der Waals surface area contributed by atoms with Gasteiger partial charge in [-0.3, -0.25) is 0 Å². The van der Waals surface area contributed by atoms with Crippen LogP contribution in [0.3, 0.4) is 0 Å². The van der Waals surface area contributed by atoms with Crippen LogP contribution in [0.25, 0.3) is 10.1 Å². The van der Waals surface area contributed by atoms with E-state index in [1.54, 1.807) is 30.2 Å². The summed E-state index contributed by atoms with van der Waals surface area (Å²) < 4.78 is 7.73. The van der Waals surface area contributed by atoms with E-state index >= 15 is 0 Å². The number of thioether (sulfide) groups is 1. The molecule has 0 bridgehead atoms. The van der Waals surface area contributed by atoms with Gasteiger partial charge in [-0.1, -0.05) is 27.3 Å². The van der Waals surface area contributed by atoms with Gasteiger partial charge in [0.15, 0.2) is 5.06 Å². The Morgan fingerprint density at radius 2 is 2.21 bits per heavy atom. The maximum atomic E-state index is 5.34. The maximum absolute atomic E-state index is 5.34. The van der Waals surface area contributed by atoms with E-state index in [1.807, 2.05) is 0 Å². The summed E-state index contributed by atoms with van der Waals surface area (Å²) in [6.45, 7) is 0. The lowest BCUT2D eigenvalue weighted by Gasteiger charge is -1.98. The van der Waals surface area contributed by atoms with Gasteiger partial charge in [-0.2, -0.15) is 0 Å². The second-order valence-corrected chi connectivity index (χ2v) is 5.51. The molecule has 4 heteroatoms. The number of hydrogen-bond donors (Lipinski definition) is 0. The zero-order valence-corrected chi connectivity index (χ0v) is 11.1. The Labute approximate surface area is 99.6 Å². The highest BCUT2D eigenvalue weighted by Gasteiger charge is 2.11. The molecule has 0 aliphatic heterocycles. The van der Waals surface area contributed by atoms with Crippen molar-refractivity contribution >= 4 is 49.1 Å². The lowest BCUT2D eigenvalue weighted by Crippen LogP contribution is -1.78. The molecule has 1 aromatic carbocycles. The maximum Gasteiger partial charge on any atom is 0.188 e. The van der Waals surface area contributed by atoms with Crippen molar-refractivity contribution in [3.63, 3.8) is 0 Å². The van der Waals surface area contributed by atoms with E-state index in [4.69, 9.17) is 4.74 Å². The van der Waals surface area contributed by atoms with Crippen LogP contribution in [0, 0.1) is 0 Å². The number of rotatable bonds is 2. The first-order chi connectivity index (χ1) is 6.76. The summed E-state index contributed by atoms with van der Waals surface area (Å²) in [6, 6.07) is 6.31. The van der Waals surface area contributed by atoms with Gasteiger partial charge in [0.05, 0.1) is 12.0 Å². The van der Waals surface area contributed by atoms with Gasteiger partial charge in [0.1, 0.15) is 0 Å². The summed E-state index contributed by atoms with van der Waals surface area (Å²) in [4.78, 5) is 1.23. The molecule has 2 rings (SSSR count). The number of ether oxygens (including phenoxy) is 1. The van der Waals surface area contributed by atoms with Crippen molar-refractivity contribution < 1.29 is 4.74 Å². The number of hydrogen-bond acceptors (Lipinski definition) is 3. The van der Waals surface area contributed by atoms with Gasteiger partial charge in [0.2, 0.25) is 0 Å². The lowest BCUT2D eigenvalue weighted by atomic mass is 10.3. The molecule has 0 atom stereocenters. The standard InChI is InChI=1S/C10H9BrOS2/c1-12-10-9(13-2)7-5-6(11)3-4-8(7)14-10/h3-5H,1-2H3. The molecule has 2 aromatic rings. The van der Waals surface area contributed by atoms with Crippen LogP contribution in [-0.4, -0.2) is 13.4 Å². The fourth-order valence-electron chi connectivity index (χ4n) is 1.35. The third-order valence-corrected chi connectivity index (χ3v) is 4.53. The van der Waals surface area contributed by atoms with Crippen LogP contribution in [0.15, 0.2) is 27.6 Å². The van der Waals surface area contributed by atoms with Crippen molar-refractivity contribution in [2.45, 2.75) is 4.90 Å². The molecule has 0 N–H and O–H groups in total. The minimum Gasteiger partial charge on any atom is -0.486 e. The quantitative estimate of drug-likeness (QED) is 0.758. The van der Waals surface area contributed by atoms with E-state index < -0.39 is 0 Å². The second-order valence-electron chi connectivity index (χ2n) is 2.77. The van der Waals surface area contributed by atoms with Crippen molar-refractivity contribution in [1.29, 1.82) is 0 Å². The Kier molecular flexibility index (Phi) is 3.04. The SMILES string of the molecule is COc1sc2ccc(Br)cc2c1SC. The second kappa shape index (κ2) is 4.13. The molecule has 1 aromatic heterocycles. The molecular formula is C10H9BrOS2. The summed E-state index contributed by atoms with van der Waals surface area (Å²) in [5.74, 6) is 0. The van der Waals surface area contributed by atoms with Crippen molar-refractivity contribution in [2.24, 2.45) is 0 Å². The van der Waals surface area contributed by atoms with Gasteiger partial charge in [-0.25, -0.2) is 0 Å². The largest absolute Gasteiger partial charge is 0.486 e. The average Bonchev–Trinajstić information content (AvgIpc) is 2.54. The van der Waals surface area contributed by atoms with E-state index in [0.29, 0.717) is 0 Å². The van der Waals surface area contributed by atoms with Gasteiger partial charge in [0, 0.05) is 14.6 Å². The van der Waals surface area contributed by atoms with Crippen LogP contribution < -0.4 is 4.74 Å². The Bertz CT molecular complexity index is 464. The molecule has 0 radical (unpaired) electrons. The molecule has 0 spiro atoms. The lowest BCUT2D eigenvalue weighted by molar-refractivity contribution is 0.419. The number of thiophene rings is 1. The van der Waals surface area contributed by atoms with Crippen LogP contribution >= 0.6 is 39.0 Å². The van der Waals surface area contributed by atoms with Gasteiger partial charge < -0.3 is 4.74 Å². The van der Waals surface area contributed by atoms with Gasteiger partial charge in [-0.05, 0) is 24.5 Å². The highest BCUT2D eigenvalue weighted by atomic mass is 79.9. The molecule has 0 saturated carbocycles. The average molecular weight is 289 g/mol. The summed E-state index contributed by atoms with van der Waals surface area (Å²) in [7, 11) is 1.72. The topological polar surface area (TPSA) is 9.23 Å². The third-order valence-electron chi connectivity index (χ3n) is 1.96. The van der Waals surface area contributed by atoms with Gasteiger partial charge in [-0.15, -0.1) is 11.8 Å². The molecule has 0 aliphatic carbocycles. The van der Waals surface area contributed by atoms with Crippen molar-refractivity contribution in [2.75, 3.05) is 13.4 Å². The Morgan fingerprint density at radius 1 is 1.43 bits per heavy atom. The van der Waals surface area contributed by atoms with E-state index in [9.17, 15) is 0 Å². The molecule has 1 nitrogen and oxygen atoms in total. The summed E-state index contributed by atoms with van der Waals surface area (Å²) in [5.41, 5.74) is 0. The predicted octanol–water partition coefficient (Wildman–Crippen LogP) is 4.39. The zero-order valence-electron chi connectivity index (χ0n) is 7.83. The number of benzene rings is 1. The first kappa shape index (κ1) is 10.3. The van der Waals surface area contributed by atoms with Crippen molar-refractivity contribution in [1.82, 2.24) is 0 Å². The molecule has 14 heavy (non-hydrogen) atoms. The van der Waals surface area contributed by atoms with E-state index in [2.05, 4.69) is 40.4 Å². The highest BCUT2D eigenvalue weighted by molar-refractivity contribution is 9.10. The summed E-state index contributed by atoms with van der Waals surface area (Å²) in [6.07, 6.45) is 2.07. The number of fused-ring (bicyclic) bond motifs is 1. The smallest absolute Gasteiger partial charge is 0.188 e. The first-order valence-electron chi connectivity index (χ1n) is 4.06. The number of halogens is 1. The molecule has 0 aliphatic rings. The normalized spacial score (nSPS) is 10.8. The van der Waals surface area contributed by atoms with E-state index in [0.717, 1.165) is 9.54 Å². The van der Waals surface area contributed by atoms with Crippen LogP contribution in [0.2, 0.25) is 0 Å². The third kappa shape index (κ3) is 1.66. The van der Waals surface area contributed by atoms with Crippen LogP contribution in [-0.2, 0) is 0 Å². The minimum atomic E-state index is 1.01. The van der Waals surface area contributed by atoms with Gasteiger partial charge in [0.25, 0.3) is 0 Å². The number of methoxy groups -OCH3 is 1. The molecular weight excluding hydrogens is 280 g/mol. The van der Waals surface area contributed by atoms with Crippen LogP contribution in [0.4, 0.5) is 0 Å². The Hall–Kier alpha value is -0.190. The first-order valence-corrected chi connectivity index (χ1v) is 6.89. The summed E-state index contributed by atoms with van der Waals surface area (Å²) >= 11 is 6.90. The summed E-state index contributed by atoms with van der Waals surface area (Å²) in [5, 5.41) is 2.28. The molecule has 0 fully saturated rings. The highest BCUT2D eigenvalue weighted by Crippen LogP contribution is 2.43. The Balaban J connectivity index is 2.74. The zero-order chi connectivity index (χ0) is 10.1.